The van der Waals surface area contributed by atoms with E-state index in [2.05, 4.69) is 5.16 Å². The van der Waals surface area contributed by atoms with E-state index >= 15 is 0 Å². The number of hydrogen-bond donors (Lipinski definition) is 2. The molecule has 1 atom stereocenters. The van der Waals surface area contributed by atoms with Crippen LogP contribution in [0.5, 0.6) is 0 Å². The van der Waals surface area contributed by atoms with E-state index in [-0.39, 0.29) is 23.4 Å². The fourth-order valence-corrected chi connectivity index (χ4v) is 1.42. The number of furan rings is 1. The highest BCUT2D eigenvalue weighted by atomic mass is 16.4. The van der Waals surface area contributed by atoms with Gasteiger partial charge in [0.1, 0.15) is 11.6 Å². The summed E-state index contributed by atoms with van der Waals surface area (Å²) in [5.74, 6) is 0.629. The molecule has 1 rings (SSSR count). The fraction of sp³-hybridized carbons (Fsp3) is 0.455. The molecule has 0 aromatic carbocycles. The summed E-state index contributed by atoms with van der Waals surface area (Å²) in [6.07, 6.45) is 0. The van der Waals surface area contributed by atoms with Crippen molar-refractivity contribution in [2.45, 2.75) is 13.8 Å². The van der Waals surface area contributed by atoms with Crippen LogP contribution >= 0.6 is 0 Å². The zero-order valence-corrected chi connectivity index (χ0v) is 10.2. The Morgan fingerprint density at radius 3 is 2.76 bits per heavy atom. The Morgan fingerprint density at radius 1 is 1.65 bits per heavy atom. The van der Waals surface area contributed by atoms with E-state index in [1.807, 2.05) is 0 Å². The highest BCUT2D eigenvalue weighted by Gasteiger charge is 2.19. The number of oxime groups is 1. The lowest BCUT2D eigenvalue weighted by atomic mass is 10.1. The van der Waals surface area contributed by atoms with Gasteiger partial charge in [0.15, 0.2) is 5.76 Å². The Kier molecular flexibility index (Phi) is 4.14. The van der Waals surface area contributed by atoms with Gasteiger partial charge in [0.05, 0.1) is 0 Å². The molecule has 0 saturated carbocycles. The molecule has 1 heterocycles. The van der Waals surface area contributed by atoms with Gasteiger partial charge in [0.2, 0.25) is 0 Å². The monoisotopic (exact) mass is 239 g/mol. The van der Waals surface area contributed by atoms with Crippen LogP contribution in [0.3, 0.4) is 0 Å². The van der Waals surface area contributed by atoms with Crippen molar-refractivity contribution in [2.75, 3.05) is 13.6 Å². The SMILES string of the molecule is Cc1ccc(C(=O)N(C)CC(C)/C(N)=N/O)o1. The smallest absolute Gasteiger partial charge is 0.289 e. The molecule has 1 unspecified atom stereocenters. The number of nitrogens with zero attached hydrogens (tertiary/aromatic N) is 2. The van der Waals surface area contributed by atoms with Crippen LogP contribution < -0.4 is 5.73 Å². The first kappa shape index (κ1) is 13.1. The van der Waals surface area contributed by atoms with Crippen molar-refractivity contribution in [2.24, 2.45) is 16.8 Å². The summed E-state index contributed by atoms with van der Waals surface area (Å²) in [5.41, 5.74) is 5.45. The van der Waals surface area contributed by atoms with Gasteiger partial charge in [-0.1, -0.05) is 12.1 Å². The third-order valence-corrected chi connectivity index (χ3v) is 2.47. The summed E-state index contributed by atoms with van der Waals surface area (Å²) in [4.78, 5) is 13.4. The summed E-state index contributed by atoms with van der Waals surface area (Å²) in [6, 6.07) is 3.36. The second-order valence-electron chi connectivity index (χ2n) is 4.02. The molecule has 1 aromatic heterocycles. The van der Waals surface area contributed by atoms with Crippen molar-refractivity contribution in [1.82, 2.24) is 4.90 Å². The number of rotatable bonds is 4. The minimum atomic E-state index is -0.226. The van der Waals surface area contributed by atoms with Crippen molar-refractivity contribution >= 4 is 11.7 Å². The largest absolute Gasteiger partial charge is 0.456 e. The van der Waals surface area contributed by atoms with E-state index in [4.69, 9.17) is 15.4 Å². The minimum Gasteiger partial charge on any atom is -0.456 e. The zero-order chi connectivity index (χ0) is 13.0. The minimum absolute atomic E-state index is 0.0975. The first-order valence-electron chi connectivity index (χ1n) is 5.25. The Hall–Kier alpha value is -1.98. The molecule has 6 nitrogen and oxygen atoms in total. The molecule has 0 fully saturated rings. The van der Waals surface area contributed by atoms with E-state index in [0.717, 1.165) is 0 Å². The third kappa shape index (κ3) is 3.24. The summed E-state index contributed by atoms with van der Waals surface area (Å²) >= 11 is 0. The molecule has 0 bridgehead atoms. The molecular weight excluding hydrogens is 222 g/mol. The number of hydrogen-bond acceptors (Lipinski definition) is 4. The van der Waals surface area contributed by atoms with Crippen LogP contribution in [0, 0.1) is 12.8 Å². The molecule has 94 valence electrons. The highest BCUT2D eigenvalue weighted by Crippen LogP contribution is 2.10. The molecule has 1 amide bonds. The van der Waals surface area contributed by atoms with Crippen molar-refractivity contribution < 1.29 is 14.4 Å². The standard InChI is InChI=1S/C11H17N3O3/c1-7(10(12)13-16)6-14(3)11(15)9-5-4-8(2)17-9/h4-5,7,16H,6H2,1-3H3,(H2,12,13). The molecular formula is C11H17N3O3. The molecule has 0 aliphatic carbocycles. The zero-order valence-electron chi connectivity index (χ0n) is 10.2. The summed E-state index contributed by atoms with van der Waals surface area (Å²) < 4.78 is 5.23. The molecule has 1 aromatic rings. The van der Waals surface area contributed by atoms with E-state index < -0.39 is 0 Å². The molecule has 17 heavy (non-hydrogen) atoms. The molecule has 6 heteroatoms. The van der Waals surface area contributed by atoms with Gasteiger partial charge in [-0.2, -0.15) is 0 Å². The first-order valence-corrected chi connectivity index (χ1v) is 5.25. The van der Waals surface area contributed by atoms with Gasteiger partial charge in [-0.15, -0.1) is 0 Å². The number of amidine groups is 1. The Labute approximate surface area is 99.7 Å². The number of nitrogens with two attached hydrogens (primary N) is 1. The predicted octanol–water partition coefficient (Wildman–Crippen LogP) is 1.04. The van der Waals surface area contributed by atoms with Crippen LogP contribution in [0.4, 0.5) is 0 Å². The lowest BCUT2D eigenvalue weighted by molar-refractivity contribution is 0.0753. The average Bonchev–Trinajstić information content (AvgIpc) is 2.73. The number of carbonyl (C=O) groups is 1. The van der Waals surface area contributed by atoms with Crippen molar-refractivity contribution in [1.29, 1.82) is 0 Å². The Balaban J connectivity index is 2.65. The van der Waals surface area contributed by atoms with Crippen LogP contribution in [-0.4, -0.2) is 35.4 Å². The molecule has 0 radical (unpaired) electrons. The Bertz CT molecular complexity index is 425. The van der Waals surface area contributed by atoms with Crippen molar-refractivity contribution in [3.63, 3.8) is 0 Å². The summed E-state index contributed by atoms with van der Waals surface area (Å²) in [7, 11) is 1.64. The van der Waals surface area contributed by atoms with E-state index in [9.17, 15) is 4.79 Å². The van der Waals surface area contributed by atoms with E-state index in [1.54, 1.807) is 33.0 Å². The summed E-state index contributed by atoms with van der Waals surface area (Å²) in [6.45, 7) is 3.90. The van der Waals surface area contributed by atoms with Crippen molar-refractivity contribution in [3.05, 3.63) is 23.7 Å². The molecule has 0 spiro atoms. The molecule has 0 saturated heterocycles. The van der Waals surface area contributed by atoms with Crippen LogP contribution in [-0.2, 0) is 0 Å². The highest BCUT2D eigenvalue weighted by molar-refractivity contribution is 5.92. The molecule has 3 N–H and O–H groups in total. The van der Waals surface area contributed by atoms with Gasteiger partial charge in [0, 0.05) is 19.5 Å². The number of amides is 1. The van der Waals surface area contributed by atoms with Gasteiger partial charge in [0.25, 0.3) is 5.91 Å². The Morgan fingerprint density at radius 2 is 2.29 bits per heavy atom. The predicted molar refractivity (Wildman–Crippen MR) is 63.0 cm³/mol. The maximum atomic E-state index is 11.9. The van der Waals surface area contributed by atoms with Crippen LogP contribution in [0.1, 0.15) is 23.2 Å². The maximum Gasteiger partial charge on any atom is 0.289 e. The van der Waals surface area contributed by atoms with Crippen molar-refractivity contribution in [3.8, 4) is 0 Å². The van der Waals surface area contributed by atoms with Crippen LogP contribution in [0.2, 0.25) is 0 Å². The summed E-state index contributed by atoms with van der Waals surface area (Å²) in [5, 5.41) is 11.4. The quantitative estimate of drug-likeness (QED) is 0.355. The van der Waals surface area contributed by atoms with Gasteiger partial charge in [-0.25, -0.2) is 0 Å². The maximum absolute atomic E-state index is 11.9. The fourth-order valence-electron chi connectivity index (χ4n) is 1.42. The second-order valence-corrected chi connectivity index (χ2v) is 4.02. The van der Waals surface area contributed by atoms with E-state index in [0.29, 0.717) is 12.3 Å². The molecule has 0 aliphatic rings. The number of aryl methyl sites for hydroxylation is 1. The average molecular weight is 239 g/mol. The van der Waals surface area contributed by atoms with Crippen LogP contribution in [0.15, 0.2) is 21.7 Å². The van der Waals surface area contributed by atoms with E-state index in [1.165, 1.54) is 4.90 Å². The van der Waals surface area contributed by atoms with Gasteiger partial charge >= 0.3 is 0 Å². The van der Waals surface area contributed by atoms with Gasteiger partial charge in [-0.05, 0) is 19.1 Å². The first-order chi connectivity index (χ1) is 7.95. The lowest BCUT2D eigenvalue weighted by Crippen LogP contribution is -2.36. The second kappa shape index (κ2) is 5.38. The third-order valence-electron chi connectivity index (χ3n) is 2.47. The van der Waals surface area contributed by atoms with Gasteiger partial charge in [-0.3, -0.25) is 4.79 Å². The normalized spacial score (nSPS) is 13.5. The molecule has 0 aliphatic heterocycles. The lowest BCUT2D eigenvalue weighted by Gasteiger charge is -2.19. The van der Waals surface area contributed by atoms with Gasteiger partial charge < -0.3 is 20.3 Å². The topological polar surface area (TPSA) is 92.1 Å². The van der Waals surface area contributed by atoms with Crippen LogP contribution in [0.25, 0.3) is 0 Å². The number of carbonyl (C=O) groups excluding carboxylic acids is 1.